The van der Waals surface area contributed by atoms with Gasteiger partial charge >= 0.3 is 5.97 Å². The van der Waals surface area contributed by atoms with Gasteiger partial charge < -0.3 is 14.8 Å². The van der Waals surface area contributed by atoms with Gasteiger partial charge in [-0.3, -0.25) is 4.79 Å². The molecule has 0 saturated carbocycles. The molecule has 1 atom stereocenters. The van der Waals surface area contributed by atoms with E-state index in [1.165, 1.54) is 7.05 Å². The van der Waals surface area contributed by atoms with Gasteiger partial charge in [0.2, 0.25) is 0 Å². The third-order valence-electron chi connectivity index (χ3n) is 2.08. The van der Waals surface area contributed by atoms with Crippen LogP contribution in [0.25, 0.3) is 0 Å². The van der Waals surface area contributed by atoms with E-state index in [1.807, 2.05) is 0 Å². The molecule has 1 amide bonds. The van der Waals surface area contributed by atoms with E-state index in [-0.39, 0.29) is 12.5 Å². The number of esters is 1. The number of nitrogens with one attached hydrogen (secondary N) is 1. The molecule has 5 nitrogen and oxygen atoms in total. The van der Waals surface area contributed by atoms with Crippen LogP contribution in [-0.2, 0) is 14.3 Å². The standard InChI is InChI=1S/C12H14ClNO4/c1-8(12(16)17-7-11(15)14-2)18-10-5-3-9(13)4-6-10/h3-6,8H,7H2,1-2H3,(H,14,15)/t8-/m1/s1. The van der Waals surface area contributed by atoms with E-state index in [4.69, 9.17) is 21.1 Å². The van der Waals surface area contributed by atoms with Gasteiger partial charge in [0.1, 0.15) is 5.75 Å². The van der Waals surface area contributed by atoms with E-state index in [0.717, 1.165) is 0 Å². The van der Waals surface area contributed by atoms with Crippen LogP contribution in [0.1, 0.15) is 6.92 Å². The number of carbonyl (C=O) groups excluding carboxylic acids is 2. The summed E-state index contributed by atoms with van der Waals surface area (Å²) in [5.74, 6) is -0.473. The molecule has 0 unspecified atom stereocenters. The summed E-state index contributed by atoms with van der Waals surface area (Å²) in [6.45, 7) is 1.23. The number of ether oxygens (including phenoxy) is 2. The zero-order valence-corrected chi connectivity index (χ0v) is 10.9. The molecule has 1 rings (SSSR count). The summed E-state index contributed by atoms with van der Waals surface area (Å²) in [6, 6.07) is 6.59. The Balaban J connectivity index is 2.44. The molecule has 1 aromatic carbocycles. The molecule has 0 bridgehead atoms. The summed E-state index contributed by atoms with van der Waals surface area (Å²) >= 11 is 5.72. The smallest absolute Gasteiger partial charge is 0.347 e. The minimum absolute atomic E-state index is 0.316. The van der Waals surface area contributed by atoms with Crippen LogP contribution in [-0.4, -0.2) is 31.6 Å². The van der Waals surface area contributed by atoms with Crippen molar-refractivity contribution < 1.29 is 19.1 Å². The lowest BCUT2D eigenvalue weighted by molar-refractivity contribution is -0.154. The Morgan fingerprint density at radius 3 is 2.50 bits per heavy atom. The summed E-state index contributed by atoms with van der Waals surface area (Å²) in [6.07, 6.45) is -0.796. The molecular formula is C12H14ClNO4. The molecule has 6 heteroatoms. The summed E-state index contributed by atoms with van der Waals surface area (Å²) in [5.41, 5.74) is 0. The van der Waals surface area contributed by atoms with Gasteiger partial charge in [0.15, 0.2) is 12.7 Å². The topological polar surface area (TPSA) is 64.6 Å². The predicted octanol–water partition coefficient (Wildman–Crippen LogP) is 1.40. The number of benzene rings is 1. The van der Waals surface area contributed by atoms with Crippen molar-refractivity contribution in [3.63, 3.8) is 0 Å². The van der Waals surface area contributed by atoms with Crippen LogP contribution in [0.3, 0.4) is 0 Å². The van der Waals surface area contributed by atoms with Crippen LogP contribution >= 0.6 is 11.6 Å². The Labute approximate surface area is 110 Å². The van der Waals surface area contributed by atoms with Crippen molar-refractivity contribution in [3.8, 4) is 5.75 Å². The Morgan fingerprint density at radius 2 is 1.94 bits per heavy atom. The van der Waals surface area contributed by atoms with Gasteiger partial charge in [-0.2, -0.15) is 0 Å². The van der Waals surface area contributed by atoms with E-state index in [9.17, 15) is 9.59 Å². The molecule has 0 saturated heterocycles. The van der Waals surface area contributed by atoms with E-state index in [2.05, 4.69) is 5.32 Å². The predicted molar refractivity (Wildman–Crippen MR) is 66.6 cm³/mol. The fraction of sp³-hybridized carbons (Fsp3) is 0.333. The molecule has 0 aliphatic heterocycles. The maximum atomic E-state index is 11.5. The van der Waals surface area contributed by atoms with Gasteiger partial charge in [-0.1, -0.05) is 11.6 Å². The van der Waals surface area contributed by atoms with E-state index < -0.39 is 12.1 Å². The Bertz CT molecular complexity index is 419. The molecule has 0 aliphatic rings. The molecular weight excluding hydrogens is 258 g/mol. The molecule has 0 fully saturated rings. The van der Waals surface area contributed by atoms with Crippen molar-refractivity contribution in [2.75, 3.05) is 13.7 Å². The van der Waals surface area contributed by atoms with Crippen molar-refractivity contribution in [1.82, 2.24) is 5.32 Å². The first-order chi connectivity index (χ1) is 8.52. The summed E-state index contributed by atoms with van der Waals surface area (Å²) in [5, 5.41) is 2.92. The summed E-state index contributed by atoms with van der Waals surface area (Å²) < 4.78 is 10.1. The van der Waals surface area contributed by atoms with Crippen LogP contribution in [0.5, 0.6) is 5.75 Å². The van der Waals surface area contributed by atoms with E-state index in [1.54, 1.807) is 31.2 Å². The second kappa shape index (κ2) is 6.86. The number of hydrogen-bond acceptors (Lipinski definition) is 4. The Morgan fingerprint density at radius 1 is 1.33 bits per heavy atom. The number of amides is 1. The van der Waals surface area contributed by atoms with Crippen molar-refractivity contribution in [2.24, 2.45) is 0 Å². The first-order valence-corrected chi connectivity index (χ1v) is 5.70. The summed E-state index contributed by atoms with van der Waals surface area (Å²) in [7, 11) is 1.46. The zero-order chi connectivity index (χ0) is 13.5. The minimum Gasteiger partial charge on any atom is -0.479 e. The maximum Gasteiger partial charge on any atom is 0.347 e. The van der Waals surface area contributed by atoms with Crippen molar-refractivity contribution in [2.45, 2.75) is 13.0 Å². The quantitative estimate of drug-likeness (QED) is 0.822. The molecule has 1 aromatic rings. The highest BCUT2D eigenvalue weighted by atomic mass is 35.5. The highest BCUT2D eigenvalue weighted by Crippen LogP contribution is 2.16. The molecule has 1 N–H and O–H groups in total. The first kappa shape index (κ1) is 14.3. The fourth-order valence-corrected chi connectivity index (χ4v) is 1.22. The number of carbonyl (C=O) groups is 2. The minimum atomic E-state index is -0.796. The van der Waals surface area contributed by atoms with Crippen LogP contribution in [0.15, 0.2) is 24.3 Å². The fourth-order valence-electron chi connectivity index (χ4n) is 1.09. The van der Waals surface area contributed by atoms with Gasteiger partial charge in [-0.25, -0.2) is 4.79 Å². The van der Waals surface area contributed by atoms with Gasteiger partial charge in [0.25, 0.3) is 5.91 Å². The third kappa shape index (κ3) is 4.63. The normalized spacial score (nSPS) is 11.5. The molecule has 98 valence electrons. The molecule has 0 aromatic heterocycles. The van der Waals surface area contributed by atoms with Gasteiger partial charge in [0.05, 0.1) is 0 Å². The molecule has 0 aliphatic carbocycles. The first-order valence-electron chi connectivity index (χ1n) is 5.32. The molecule has 0 heterocycles. The number of halogens is 1. The Hall–Kier alpha value is -1.75. The van der Waals surface area contributed by atoms with Crippen LogP contribution in [0, 0.1) is 0 Å². The second-order valence-electron chi connectivity index (χ2n) is 3.49. The van der Waals surface area contributed by atoms with Crippen molar-refractivity contribution in [1.29, 1.82) is 0 Å². The lowest BCUT2D eigenvalue weighted by Gasteiger charge is -2.13. The molecule has 0 spiro atoms. The van der Waals surface area contributed by atoms with Crippen LogP contribution in [0.2, 0.25) is 5.02 Å². The molecule has 0 radical (unpaired) electrons. The van der Waals surface area contributed by atoms with E-state index >= 15 is 0 Å². The number of likely N-dealkylation sites (N-methyl/N-ethyl adjacent to an activating group) is 1. The number of rotatable bonds is 5. The average molecular weight is 272 g/mol. The maximum absolute atomic E-state index is 11.5. The average Bonchev–Trinajstić information content (AvgIpc) is 2.38. The van der Waals surface area contributed by atoms with Crippen molar-refractivity contribution in [3.05, 3.63) is 29.3 Å². The zero-order valence-electron chi connectivity index (χ0n) is 10.1. The van der Waals surface area contributed by atoms with E-state index in [0.29, 0.717) is 10.8 Å². The number of hydrogen-bond donors (Lipinski definition) is 1. The Kier molecular flexibility index (Phi) is 5.45. The van der Waals surface area contributed by atoms with Crippen molar-refractivity contribution >= 4 is 23.5 Å². The lowest BCUT2D eigenvalue weighted by Crippen LogP contribution is -2.31. The highest BCUT2D eigenvalue weighted by Gasteiger charge is 2.17. The van der Waals surface area contributed by atoms with Gasteiger partial charge in [-0.05, 0) is 31.2 Å². The summed E-state index contributed by atoms with van der Waals surface area (Å²) in [4.78, 5) is 22.4. The molecule has 18 heavy (non-hydrogen) atoms. The van der Waals surface area contributed by atoms with Crippen LogP contribution < -0.4 is 10.1 Å². The van der Waals surface area contributed by atoms with Gasteiger partial charge in [0, 0.05) is 12.1 Å². The highest BCUT2D eigenvalue weighted by molar-refractivity contribution is 6.30. The lowest BCUT2D eigenvalue weighted by atomic mass is 10.3. The second-order valence-corrected chi connectivity index (χ2v) is 3.93. The largest absolute Gasteiger partial charge is 0.479 e. The SMILES string of the molecule is CNC(=O)COC(=O)[C@@H](C)Oc1ccc(Cl)cc1. The monoisotopic (exact) mass is 271 g/mol. The third-order valence-corrected chi connectivity index (χ3v) is 2.33. The van der Waals surface area contributed by atoms with Crippen LogP contribution in [0.4, 0.5) is 0 Å². The van der Waals surface area contributed by atoms with Gasteiger partial charge in [-0.15, -0.1) is 0 Å².